The zero-order valence-electron chi connectivity index (χ0n) is 21.3. The van der Waals surface area contributed by atoms with Crippen molar-refractivity contribution in [3.63, 3.8) is 0 Å². The lowest BCUT2D eigenvalue weighted by Gasteiger charge is -2.26. The molecule has 12 heteroatoms. The van der Waals surface area contributed by atoms with Crippen LogP contribution in [0.5, 0.6) is 5.75 Å². The van der Waals surface area contributed by atoms with Gasteiger partial charge in [0.2, 0.25) is 11.6 Å². The highest BCUT2D eigenvalue weighted by molar-refractivity contribution is 5.57. The van der Waals surface area contributed by atoms with Gasteiger partial charge in [-0.25, -0.2) is 9.67 Å². The molecule has 200 valence electrons. The maximum absolute atomic E-state index is 13.0. The first-order chi connectivity index (χ1) is 18.3. The molecule has 0 bridgehead atoms. The van der Waals surface area contributed by atoms with Crippen LogP contribution in [0.25, 0.3) is 23.1 Å². The number of aryl methyl sites for hydroxylation is 2. The summed E-state index contributed by atoms with van der Waals surface area (Å²) in [6.45, 7) is 7.71. The molecule has 10 nitrogen and oxygen atoms in total. The van der Waals surface area contributed by atoms with Crippen LogP contribution in [-0.4, -0.2) is 73.7 Å². The molecule has 4 heterocycles. The fourth-order valence-corrected chi connectivity index (χ4v) is 4.22. The van der Waals surface area contributed by atoms with Gasteiger partial charge < -0.3 is 14.0 Å². The number of ether oxygens (including phenoxy) is 2. The summed E-state index contributed by atoms with van der Waals surface area (Å²) in [5, 5.41) is 8.54. The molecular formula is C26H29F2N7O3. The van der Waals surface area contributed by atoms with Crippen molar-refractivity contribution in [2.75, 3.05) is 32.8 Å². The summed E-state index contributed by atoms with van der Waals surface area (Å²) in [5.41, 5.74) is 2.71. The number of aromatic nitrogens is 6. The Balaban J connectivity index is 1.21. The van der Waals surface area contributed by atoms with Crippen LogP contribution in [0.1, 0.15) is 30.4 Å². The molecule has 1 aliphatic rings. The predicted molar refractivity (Wildman–Crippen MR) is 134 cm³/mol. The van der Waals surface area contributed by atoms with Crippen molar-refractivity contribution in [2.45, 2.75) is 39.3 Å². The average Bonchev–Trinajstić information content (AvgIpc) is 3.52. The van der Waals surface area contributed by atoms with Crippen LogP contribution < -0.4 is 4.74 Å². The number of hydrogen-bond acceptors (Lipinski definition) is 9. The van der Waals surface area contributed by atoms with Gasteiger partial charge in [0.1, 0.15) is 11.6 Å². The van der Waals surface area contributed by atoms with Crippen LogP contribution in [0.15, 0.2) is 47.1 Å². The zero-order valence-corrected chi connectivity index (χ0v) is 21.3. The first kappa shape index (κ1) is 25.9. The Labute approximate surface area is 218 Å². The predicted octanol–water partition coefficient (Wildman–Crippen LogP) is 4.00. The summed E-state index contributed by atoms with van der Waals surface area (Å²) in [6.07, 6.45) is 0.521. The number of hydrogen-bond donors (Lipinski definition) is 0. The normalized spacial score (nSPS) is 14.6. The van der Waals surface area contributed by atoms with Gasteiger partial charge in [0.15, 0.2) is 0 Å². The Morgan fingerprint density at radius 1 is 1.05 bits per heavy atom. The van der Waals surface area contributed by atoms with Crippen molar-refractivity contribution in [3.8, 4) is 28.9 Å². The molecule has 0 atom stereocenters. The van der Waals surface area contributed by atoms with E-state index in [1.165, 1.54) is 12.1 Å². The highest BCUT2D eigenvalue weighted by Crippen LogP contribution is 2.25. The molecule has 4 aromatic rings. The van der Waals surface area contributed by atoms with Gasteiger partial charge in [0, 0.05) is 37.5 Å². The van der Waals surface area contributed by atoms with Crippen LogP contribution >= 0.6 is 0 Å². The minimum Gasteiger partial charge on any atom is -0.433 e. The van der Waals surface area contributed by atoms with E-state index in [1.54, 1.807) is 16.8 Å². The van der Waals surface area contributed by atoms with E-state index in [4.69, 9.17) is 9.26 Å². The van der Waals surface area contributed by atoms with E-state index in [1.807, 2.05) is 19.2 Å². The van der Waals surface area contributed by atoms with Crippen molar-refractivity contribution < 1.29 is 22.8 Å². The van der Waals surface area contributed by atoms with Crippen molar-refractivity contribution in [2.24, 2.45) is 0 Å². The third kappa shape index (κ3) is 6.75. The molecule has 38 heavy (non-hydrogen) atoms. The Bertz CT molecular complexity index is 1350. The van der Waals surface area contributed by atoms with E-state index in [2.05, 4.69) is 40.9 Å². The van der Waals surface area contributed by atoms with E-state index in [0.717, 1.165) is 56.9 Å². The summed E-state index contributed by atoms with van der Waals surface area (Å²) in [7, 11) is 0. The molecule has 1 fully saturated rings. The lowest BCUT2D eigenvalue weighted by Crippen LogP contribution is -2.36. The largest absolute Gasteiger partial charge is 0.433 e. The summed E-state index contributed by atoms with van der Waals surface area (Å²) in [4.78, 5) is 15.8. The van der Waals surface area contributed by atoms with Gasteiger partial charge in [-0.2, -0.15) is 13.8 Å². The second kappa shape index (κ2) is 11.3. The highest BCUT2D eigenvalue weighted by atomic mass is 19.3. The number of morpholine rings is 1. The smallest absolute Gasteiger partial charge is 0.394 e. The van der Waals surface area contributed by atoms with Crippen LogP contribution in [0.4, 0.5) is 8.78 Å². The van der Waals surface area contributed by atoms with Crippen molar-refractivity contribution >= 4 is 0 Å². The molecule has 0 spiro atoms. The van der Waals surface area contributed by atoms with Gasteiger partial charge in [-0.05, 0) is 68.3 Å². The molecule has 5 rings (SSSR count). The molecular weight excluding hydrogens is 496 g/mol. The average molecular weight is 526 g/mol. The number of rotatable bonds is 10. The molecule has 0 amide bonds. The topological polar surface area (TPSA) is 104 Å². The van der Waals surface area contributed by atoms with Crippen LogP contribution in [-0.2, 0) is 17.7 Å². The Morgan fingerprint density at radius 2 is 1.84 bits per heavy atom. The van der Waals surface area contributed by atoms with Gasteiger partial charge in [0.05, 0.1) is 19.8 Å². The standard InChI is InChI=1S/C26H29F2N7O3/c1-18-30-24(25-31-23(33-38-25)20-5-7-22(8-6-20)37-26(2,27)28)32-35(18)17-19-9-10-29-21(16-19)4-3-11-34-12-14-36-15-13-34/h5-10,16H,3-4,11-15,17H2,1-2H3. The summed E-state index contributed by atoms with van der Waals surface area (Å²) >= 11 is 0. The molecule has 1 aliphatic heterocycles. The maximum Gasteiger partial charge on any atom is 0.394 e. The third-order valence-electron chi connectivity index (χ3n) is 6.11. The third-order valence-corrected chi connectivity index (χ3v) is 6.11. The first-order valence-electron chi connectivity index (χ1n) is 12.5. The molecule has 1 aromatic carbocycles. The summed E-state index contributed by atoms with van der Waals surface area (Å²) in [6, 6.07) is 10.1. The number of nitrogens with zero attached hydrogens (tertiary/aromatic N) is 7. The summed E-state index contributed by atoms with van der Waals surface area (Å²) < 4.78 is 43.2. The molecule has 3 aromatic heterocycles. The minimum atomic E-state index is -3.26. The van der Waals surface area contributed by atoms with E-state index >= 15 is 0 Å². The van der Waals surface area contributed by atoms with Gasteiger partial charge in [-0.3, -0.25) is 9.88 Å². The Kier molecular flexibility index (Phi) is 7.70. The maximum atomic E-state index is 13.0. The van der Waals surface area contributed by atoms with Crippen molar-refractivity contribution in [1.29, 1.82) is 0 Å². The SMILES string of the molecule is Cc1nc(-c2nc(-c3ccc(OC(C)(F)F)cc3)no2)nn1Cc1ccnc(CCCN2CCOCC2)c1. The van der Waals surface area contributed by atoms with Crippen LogP contribution in [0.3, 0.4) is 0 Å². The van der Waals surface area contributed by atoms with Gasteiger partial charge in [-0.15, -0.1) is 5.10 Å². The fourth-order valence-electron chi connectivity index (χ4n) is 4.22. The minimum absolute atomic E-state index is 0.0392. The molecule has 0 aliphatic carbocycles. The van der Waals surface area contributed by atoms with Gasteiger partial charge >= 0.3 is 6.11 Å². The van der Waals surface area contributed by atoms with E-state index in [-0.39, 0.29) is 11.6 Å². The van der Waals surface area contributed by atoms with Crippen LogP contribution in [0.2, 0.25) is 0 Å². The number of alkyl halides is 2. The first-order valence-corrected chi connectivity index (χ1v) is 12.5. The quantitative estimate of drug-likeness (QED) is 0.304. The van der Waals surface area contributed by atoms with Gasteiger partial charge in [0.25, 0.3) is 5.89 Å². The number of pyridine rings is 1. The van der Waals surface area contributed by atoms with E-state index < -0.39 is 6.11 Å². The molecule has 0 radical (unpaired) electrons. The molecule has 0 N–H and O–H groups in total. The zero-order chi connectivity index (χ0) is 26.5. The Hall–Kier alpha value is -3.77. The van der Waals surface area contributed by atoms with Crippen molar-refractivity contribution in [3.05, 3.63) is 59.7 Å². The van der Waals surface area contributed by atoms with Gasteiger partial charge in [-0.1, -0.05) is 5.16 Å². The summed E-state index contributed by atoms with van der Waals surface area (Å²) in [5.74, 6) is 1.51. The van der Waals surface area contributed by atoms with Crippen molar-refractivity contribution in [1.82, 2.24) is 34.8 Å². The molecule has 1 saturated heterocycles. The highest BCUT2D eigenvalue weighted by Gasteiger charge is 2.23. The van der Waals surface area contributed by atoms with E-state index in [9.17, 15) is 8.78 Å². The monoisotopic (exact) mass is 525 g/mol. The second-order valence-corrected chi connectivity index (χ2v) is 9.21. The molecule has 0 saturated carbocycles. The Morgan fingerprint density at radius 3 is 2.61 bits per heavy atom. The van der Waals surface area contributed by atoms with Crippen LogP contribution in [0, 0.1) is 6.92 Å². The van der Waals surface area contributed by atoms with E-state index in [0.29, 0.717) is 36.5 Å². The second-order valence-electron chi connectivity index (χ2n) is 9.21. The number of halogens is 2. The fraction of sp³-hybridized carbons (Fsp3) is 0.423. The number of benzene rings is 1. The lowest BCUT2D eigenvalue weighted by atomic mass is 10.1. The molecule has 0 unspecified atom stereocenters. The lowest BCUT2D eigenvalue weighted by molar-refractivity contribution is -0.158.